The molecule has 0 heterocycles. The van der Waals surface area contributed by atoms with Crippen LogP contribution in [-0.4, -0.2) is 0 Å². The van der Waals surface area contributed by atoms with Crippen molar-refractivity contribution in [3.63, 3.8) is 0 Å². The molecule has 1 atom stereocenters. The van der Waals surface area contributed by atoms with Gasteiger partial charge >= 0.3 is 0 Å². The fraction of sp³-hybridized carbons (Fsp3) is 0.440. The molecule has 1 aromatic rings. The van der Waals surface area contributed by atoms with E-state index in [9.17, 15) is 0 Å². The maximum atomic E-state index is 3.04. The van der Waals surface area contributed by atoms with Crippen LogP contribution in [0.4, 0.5) is 0 Å². The van der Waals surface area contributed by atoms with Crippen molar-refractivity contribution in [1.82, 2.24) is 0 Å². The van der Waals surface area contributed by atoms with Crippen LogP contribution in [0.25, 0.3) is 5.57 Å². The molecule has 0 aliphatic heterocycles. The van der Waals surface area contributed by atoms with Crippen molar-refractivity contribution in [1.29, 1.82) is 0 Å². The lowest BCUT2D eigenvalue weighted by atomic mass is 9.86. The van der Waals surface area contributed by atoms with E-state index in [4.69, 9.17) is 0 Å². The molecule has 1 unspecified atom stereocenters. The average Bonchev–Trinajstić information content (AvgIpc) is 2.70. The summed E-state index contributed by atoms with van der Waals surface area (Å²) in [6.45, 7) is 6.69. The van der Waals surface area contributed by atoms with E-state index in [0.29, 0.717) is 0 Å². The van der Waals surface area contributed by atoms with E-state index in [1.807, 2.05) is 12.1 Å². The van der Waals surface area contributed by atoms with Crippen LogP contribution in [-0.2, 0) is 0 Å². The van der Waals surface area contributed by atoms with Gasteiger partial charge in [0.15, 0.2) is 0 Å². The van der Waals surface area contributed by atoms with Gasteiger partial charge in [-0.3, -0.25) is 0 Å². The average molecular weight is 333 g/mol. The predicted molar refractivity (Wildman–Crippen MR) is 110 cm³/mol. The van der Waals surface area contributed by atoms with E-state index < -0.39 is 0 Å². The first kappa shape index (κ1) is 19.3. The van der Waals surface area contributed by atoms with E-state index in [0.717, 1.165) is 18.8 Å². The van der Waals surface area contributed by atoms with E-state index in [2.05, 4.69) is 69.4 Å². The molecule has 2 aliphatic rings. The van der Waals surface area contributed by atoms with Crippen LogP contribution in [0.15, 0.2) is 59.7 Å². The van der Waals surface area contributed by atoms with Crippen molar-refractivity contribution in [3.05, 3.63) is 77.4 Å². The van der Waals surface area contributed by atoms with Crippen LogP contribution in [0.3, 0.4) is 0 Å². The van der Waals surface area contributed by atoms with Gasteiger partial charge < -0.3 is 0 Å². The zero-order valence-electron chi connectivity index (χ0n) is 16.1. The molecule has 1 aromatic carbocycles. The molecule has 0 saturated carbocycles. The Labute approximate surface area is 155 Å². The van der Waals surface area contributed by atoms with Crippen molar-refractivity contribution in [2.45, 2.75) is 65.7 Å². The van der Waals surface area contributed by atoms with Crippen LogP contribution in [0.2, 0.25) is 0 Å². The molecule has 0 fully saturated rings. The SMILES string of the molecule is CCC1C=CC(C2=CC(c3cc#ccc3)=CCC2)=CC1.CCCCC. The molecule has 0 radical (unpaired) electrons. The zero-order chi connectivity index (χ0) is 17.9. The highest BCUT2D eigenvalue weighted by atomic mass is 14.2. The molecule has 0 N–H and O–H groups in total. The summed E-state index contributed by atoms with van der Waals surface area (Å²) in [6.07, 6.45) is 20.6. The van der Waals surface area contributed by atoms with Gasteiger partial charge in [-0.1, -0.05) is 82.5 Å². The third-order valence-corrected chi connectivity index (χ3v) is 4.89. The number of hydrogen-bond donors (Lipinski definition) is 0. The lowest BCUT2D eigenvalue weighted by molar-refractivity contribution is 0.629. The molecule has 0 spiro atoms. The summed E-state index contributed by atoms with van der Waals surface area (Å²) in [4.78, 5) is 0. The maximum Gasteiger partial charge on any atom is -0.00366 e. The molecular formula is C25H32. The number of allylic oxidation sites excluding steroid dienone is 8. The van der Waals surface area contributed by atoms with Crippen LogP contribution < -0.4 is 0 Å². The fourth-order valence-corrected chi connectivity index (χ4v) is 3.22. The first-order chi connectivity index (χ1) is 12.3. The van der Waals surface area contributed by atoms with Gasteiger partial charge in [-0.15, -0.1) is 0 Å². The minimum Gasteiger partial charge on any atom is -0.0805 e. The molecule has 0 amide bonds. The third kappa shape index (κ3) is 6.09. The van der Waals surface area contributed by atoms with Gasteiger partial charge in [-0.2, -0.15) is 0 Å². The number of rotatable bonds is 5. The summed E-state index contributed by atoms with van der Waals surface area (Å²) in [5.74, 6) is 0.734. The Balaban J connectivity index is 0.000000399. The normalized spacial score (nSPS) is 19.0. The Kier molecular flexibility index (Phi) is 8.33. The lowest BCUT2D eigenvalue weighted by Crippen LogP contribution is -2.01. The topological polar surface area (TPSA) is 0 Å². The van der Waals surface area contributed by atoms with Crippen LogP contribution >= 0.6 is 0 Å². The van der Waals surface area contributed by atoms with Crippen LogP contribution in [0.1, 0.15) is 71.3 Å². The third-order valence-electron chi connectivity index (χ3n) is 4.89. The predicted octanol–water partition coefficient (Wildman–Crippen LogP) is 7.50. The molecule has 3 rings (SSSR count). The van der Waals surface area contributed by atoms with Crippen molar-refractivity contribution in [2.75, 3.05) is 0 Å². The van der Waals surface area contributed by atoms with Crippen molar-refractivity contribution >= 4 is 5.57 Å². The van der Waals surface area contributed by atoms with Gasteiger partial charge in [0.2, 0.25) is 0 Å². The number of hydrogen-bond acceptors (Lipinski definition) is 0. The van der Waals surface area contributed by atoms with Crippen molar-refractivity contribution in [3.8, 4) is 0 Å². The van der Waals surface area contributed by atoms with E-state index >= 15 is 0 Å². The van der Waals surface area contributed by atoms with E-state index in [1.165, 1.54) is 54.4 Å². The van der Waals surface area contributed by atoms with Crippen molar-refractivity contribution < 1.29 is 0 Å². The first-order valence-corrected chi connectivity index (χ1v) is 9.96. The Morgan fingerprint density at radius 3 is 2.44 bits per heavy atom. The van der Waals surface area contributed by atoms with Crippen LogP contribution in [0.5, 0.6) is 0 Å². The second-order valence-electron chi connectivity index (χ2n) is 6.87. The van der Waals surface area contributed by atoms with Gasteiger partial charge in [0.25, 0.3) is 0 Å². The molecule has 0 nitrogen and oxygen atoms in total. The summed E-state index contributed by atoms with van der Waals surface area (Å²) < 4.78 is 0. The zero-order valence-corrected chi connectivity index (χ0v) is 16.1. The summed E-state index contributed by atoms with van der Waals surface area (Å²) >= 11 is 0. The minimum absolute atomic E-state index is 0.734. The lowest BCUT2D eigenvalue weighted by Gasteiger charge is -2.19. The smallest absolute Gasteiger partial charge is 0.00366 e. The summed E-state index contributed by atoms with van der Waals surface area (Å²) in [5, 5.41) is 0. The quantitative estimate of drug-likeness (QED) is 0.523. The van der Waals surface area contributed by atoms with Gasteiger partial charge in [0, 0.05) is 0 Å². The fourth-order valence-electron chi connectivity index (χ4n) is 3.22. The Bertz CT molecular complexity index is 623. The molecule has 0 saturated heterocycles. The minimum atomic E-state index is 0.734. The molecule has 132 valence electrons. The molecule has 2 aliphatic carbocycles. The molecule has 25 heavy (non-hydrogen) atoms. The summed E-state index contributed by atoms with van der Waals surface area (Å²) in [6, 6.07) is 12.1. The Morgan fingerprint density at radius 2 is 1.88 bits per heavy atom. The molecule has 0 bridgehead atoms. The summed E-state index contributed by atoms with van der Waals surface area (Å²) in [7, 11) is 0. The molecule has 0 aromatic heterocycles. The first-order valence-electron chi connectivity index (χ1n) is 9.96. The van der Waals surface area contributed by atoms with E-state index in [-0.39, 0.29) is 0 Å². The van der Waals surface area contributed by atoms with Gasteiger partial charge in [-0.25, -0.2) is 0 Å². The Morgan fingerprint density at radius 1 is 1.04 bits per heavy atom. The summed E-state index contributed by atoms with van der Waals surface area (Å²) in [5.41, 5.74) is 5.46. The van der Waals surface area contributed by atoms with Gasteiger partial charge in [0.05, 0.1) is 0 Å². The Hall–Kier alpha value is -2.00. The number of unbranched alkanes of at least 4 members (excludes halogenated alkanes) is 2. The molecular weight excluding hydrogens is 300 g/mol. The highest BCUT2D eigenvalue weighted by Crippen LogP contribution is 2.32. The van der Waals surface area contributed by atoms with Crippen molar-refractivity contribution in [2.24, 2.45) is 5.92 Å². The highest BCUT2D eigenvalue weighted by molar-refractivity contribution is 5.77. The standard InChI is InChI=1S/C20H20.C5H12/c1-2-16-11-13-18(14-12-16)20-10-6-9-19(15-20)17-7-4-3-5-8-17;1-3-5-4-2/h4,7-9,11,13-16H,2,6,10,12H2,1H3;3-5H2,1-2H3. The highest BCUT2D eigenvalue weighted by Gasteiger charge is 2.13. The molecule has 0 heteroatoms. The second-order valence-corrected chi connectivity index (χ2v) is 6.87. The van der Waals surface area contributed by atoms with E-state index in [1.54, 1.807) is 0 Å². The monoisotopic (exact) mass is 332 g/mol. The van der Waals surface area contributed by atoms with Gasteiger partial charge in [0.1, 0.15) is 0 Å². The maximum absolute atomic E-state index is 3.04. The second kappa shape index (κ2) is 10.8. The van der Waals surface area contributed by atoms with Crippen LogP contribution in [0, 0.1) is 18.1 Å². The largest absolute Gasteiger partial charge is 0.0805 e. The van der Waals surface area contributed by atoms with Gasteiger partial charge in [-0.05, 0) is 72.1 Å².